The van der Waals surface area contributed by atoms with Gasteiger partial charge in [0.2, 0.25) is 0 Å². The molecule has 2 rings (SSSR count). The summed E-state index contributed by atoms with van der Waals surface area (Å²) in [7, 11) is 0. The predicted molar refractivity (Wildman–Crippen MR) is 58.3 cm³/mol. The fourth-order valence-electron chi connectivity index (χ4n) is 2.20. The monoisotopic (exact) mass is 190 g/mol. The Labute approximate surface area is 86.0 Å². The molecule has 0 atom stereocenters. The van der Waals surface area contributed by atoms with E-state index in [9.17, 15) is 0 Å². The van der Waals surface area contributed by atoms with Crippen molar-refractivity contribution in [3.8, 4) is 0 Å². The number of rotatable bonds is 2. The Hall–Kier alpha value is -0.890. The van der Waals surface area contributed by atoms with Gasteiger partial charge >= 0.3 is 0 Å². The Bertz CT molecular complexity index is 263. The highest BCUT2D eigenvalue weighted by molar-refractivity contribution is 5.15. The lowest BCUT2D eigenvalue weighted by Gasteiger charge is -2.30. The van der Waals surface area contributed by atoms with Crippen LogP contribution in [-0.4, -0.2) is 29.5 Å². The maximum atomic E-state index is 4.19. The van der Waals surface area contributed by atoms with Gasteiger partial charge in [-0.2, -0.15) is 0 Å². The van der Waals surface area contributed by atoms with Gasteiger partial charge < -0.3 is 4.90 Å². The summed E-state index contributed by atoms with van der Waals surface area (Å²) >= 11 is 0. The molecule has 0 amide bonds. The van der Waals surface area contributed by atoms with Crippen molar-refractivity contribution in [1.29, 1.82) is 0 Å². The summed E-state index contributed by atoms with van der Waals surface area (Å²) in [5.74, 6) is 0.742. The molecule has 1 aliphatic rings. The maximum absolute atomic E-state index is 4.19. The Morgan fingerprint density at radius 2 is 2.21 bits per heavy atom. The molecule has 76 valence electrons. The fraction of sp³-hybridized carbons (Fsp3) is 0.583. The molecular formula is C12H18N2. The largest absolute Gasteiger partial charge is 0.304 e. The van der Waals surface area contributed by atoms with Crippen molar-refractivity contribution >= 4 is 0 Å². The van der Waals surface area contributed by atoms with Gasteiger partial charge in [0.25, 0.3) is 0 Å². The van der Waals surface area contributed by atoms with E-state index < -0.39 is 0 Å². The summed E-state index contributed by atoms with van der Waals surface area (Å²) in [6, 6.07) is 4.25. The molecule has 0 saturated carbocycles. The van der Waals surface area contributed by atoms with Crippen molar-refractivity contribution in [2.24, 2.45) is 0 Å². The van der Waals surface area contributed by atoms with E-state index in [4.69, 9.17) is 0 Å². The van der Waals surface area contributed by atoms with Gasteiger partial charge in [0.15, 0.2) is 0 Å². The fourth-order valence-corrected chi connectivity index (χ4v) is 2.20. The highest BCUT2D eigenvalue weighted by atomic mass is 15.1. The van der Waals surface area contributed by atoms with Crippen LogP contribution >= 0.6 is 0 Å². The summed E-state index contributed by atoms with van der Waals surface area (Å²) in [6.45, 7) is 5.93. The molecule has 0 bridgehead atoms. The molecule has 1 fully saturated rings. The normalized spacial score (nSPS) is 19.8. The summed E-state index contributed by atoms with van der Waals surface area (Å²) < 4.78 is 0. The SMILES string of the molecule is CCN1CCC(c2cccnc2)CC1. The topological polar surface area (TPSA) is 16.1 Å². The van der Waals surface area contributed by atoms with Crippen LogP contribution in [0.15, 0.2) is 24.5 Å². The van der Waals surface area contributed by atoms with Gasteiger partial charge in [0.05, 0.1) is 0 Å². The van der Waals surface area contributed by atoms with E-state index >= 15 is 0 Å². The van der Waals surface area contributed by atoms with Crippen LogP contribution in [0.5, 0.6) is 0 Å². The predicted octanol–water partition coefficient (Wildman–Crippen LogP) is 2.28. The molecule has 0 radical (unpaired) electrons. The van der Waals surface area contributed by atoms with Crippen LogP contribution < -0.4 is 0 Å². The first-order valence-electron chi connectivity index (χ1n) is 5.52. The average Bonchev–Trinajstić information content (AvgIpc) is 2.30. The summed E-state index contributed by atoms with van der Waals surface area (Å²) in [5.41, 5.74) is 1.42. The third-order valence-electron chi connectivity index (χ3n) is 3.19. The summed E-state index contributed by atoms with van der Waals surface area (Å²) in [6.07, 6.45) is 6.45. The molecule has 0 aromatic carbocycles. The molecular weight excluding hydrogens is 172 g/mol. The number of likely N-dealkylation sites (tertiary alicyclic amines) is 1. The van der Waals surface area contributed by atoms with Crippen LogP contribution in [0.2, 0.25) is 0 Å². The second-order valence-electron chi connectivity index (χ2n) is 3.99. The zero-order valence-electron chi connectivity index (χ0n) is 8.82. The summed E-state index contributed by atoms with van der Waals surface area (Å²) in [5, 5.41) is 0. The average molecular weight is 190 g/mol. The molecule has 2 nitrogen and oxygen atoms in total. The Morgan fingerprint density at radius 3 is 2.79 bits per heavy atom. The van der Waals surface area contributed by atoms with Gasteiger partial charge in [-0.3, -0.25) is 4.98 Å². The number of pyridine rings is 1. The van der Waals surface area contributed by atoms with Gasteiger partial charge in [-0.25, -0.2) is 0 Å². The van der Waals surface area contributed by atoms with E-state index in [2.05, 4.69) is 22.9 Å². The molecule has 1 aromatic heterocycles. The van der Waals surface area contributed by atoms with Crippen LogP contribution in [0.4, 0.5) is 0 Å². The first-order chi connectivity index (χ1) is 6.90. The van der Waals surface area contributed by atoms with Crippen LogP contribution in [0.25, 0.3) is 0 Å². The van der Waals surface area contributed by atoms with Crippen molar-refractivity contribution in [3.63, 3.8) is 0 Å². The van der Waals surface area contributed by atoms with E-state index in [-0.39, 0.29) is 0 Å². The molecule has 2 heteroatoms. The van der Waals surface area contributed by atoms with Gasteiger partial charge in [-0.15, -0.1) is 0 Å². The molecule has 0 spiro atoms. The van der Waals surface area contributed by atoms with Crippen molar-refractivity contribution in [3.05, 3.63) is 30.1 Å². The maximum Gasteiger partial charge on any atom is 0.0302 e. The third kappa shape index (κ3) is 2.13. The lowest BCUT2D eigenvalue weighted by molar-refractivity contribution is 0.222. The van der Waals surface area contributed by atoms with Crippen LogP contribution in [-0.2, 0) is 0 Å². The Morgan fingerprint density at radius 1 is 1.43 bits per heavy atom. The van der Waals surface area contributed by atoms with Crippen molar-refractivity contribution < 1.29 is 0 Å². The zero-order valence-corrected chi connectivity index (χ0v) is 8.82. The molecule has 0 aliphatic carbocycles. The quantitative estimate of drug-likeness (QED) is 0.711. The van der Waals surface area contributed by atoms with Gasteiger partial charge in [-0.05, 0) is 50.0 Å². The van der Waals surface area contributed by atoms with Gasteiger partial charge in [-0.1, -0.05) is 13.0 Å². The van der Waals surface area contributed by atoms with Gasteiger partial charge in [0, 0.05) is 12.4 Å². The standard InChI is InChI=1S/C12H18N2/c1-2-14-8-5-11(6-9-14)12-4-3-7-13-10-12/h3-4,7,10-11H,2,5-6,8-9H2,1H3. The number of hydrogen-bond donors (Lipinski definition) is 0. The first-order valence-corrected chi connectivity index (χ1v) is 5.52. The van der Waals surface area contributed by atoms with Crippen LogP contribution in [0.3, 0.4) is 0 Å². The second-order valence-corrected chi connectivity index (χ2v) is 3.99. The molecule has 14 heavy (non-hydrogen) atoms. The molecule has 1 saturated heterocycles. The minimum Gasteiger partial charge on any atom is -0.304 e. The number of hydrogen-bond acceptors (Lipinski definition) is 2. The number of piperidine rings is 1. The molecule has 1 aliphatic heterocycles. The van der Waals surface area contributed by atoms with Crippen LogP contribution in [0.1, 0.15) is 31.2 Å². The lowest BCUT2D eigenvalue weighted by Crippen LogP contribution is -2.32. The third-order valence-corrected chi connectivity index (χ3v) is 3.19. The smallest absolute Gasteiger partial charge is 0.0302 e. The minimum atomic E-state index is 0.742. The molecule has 1 aromatic rings. The molecule has 0 unspecified atom stereocenters. The number of aromatic nitrogens is 1. The zero-order chi connectivity index (χ0) is 9.80. The second kappa shape index (κ2) is 4.56. The van der Waals surface area contributed by atoms with E-state index in [1.54, 1.807) is 0 Å². The molecule has 0 N–H and O–H groups in total. The van der Waals surface area contributed by atoms with Crippen molar-refractivity contribution in [1.82, 2.24) is 9.88 Å². The summed E-state index contributed by atoms with van der Waals surface area (Å²) in [4.78, 5) is 6.71. The number of nitrogens with zero attached hydrogens (tertiary/aromatic N) is 2. The van der Waals surface area contributed by atoms with Gasteiger partial charge in [0.1, 0.15) is 0 Å². The highest BCUT2D eigenvalue weighted by Gasteiger charge is 2.19. The Balaban J connectivity index is 1.96. The molecule has 2 heterocycles. The Kier molecular flexibility index (Phi) is 3.14. The van der Waals surface area contributed by atoms with E-state index in [1.807, 2.05) is 18.5 Å². The highest BCUT2D eigenvalue weighted by Crippen LogP contribution is 2.26. The van der Waals surface area contributed by atoms with Crippen molar-refractivity contribution in [2.45, 2.75) is 25.7 Å². The van der Waals surface area contributed by atoms with E-state index in [1.165, 1.54) is 38.0 Å². The van der Waals surface area contributed by atoms with Crippen molar-refractivity contribution in [2.75, 3.05) is 19.6 Å². The first kappa shape index (κ1) is 9.66. The van der Waals surface area contributed by atoms with Crippen LogP contribution in [0, 0.1) is 0 Å². The van der Waals surface area contributed by atoms with E-state index in [0.717, 1.165) is 5.92 Å². The van der Waals surface area contributed by atoms with E-state index in [0.29, 0.717) is 0 Å². The lowest BCUT2D eigenvalue weighted by atomic mass is 9.90. The minimum absolute atomic E-state index is 0.742.